The minimum Gasteiger partial charge on any atom is -0.409 e. The van der Waals surface area contributed by atoms with Gasteiger partial charge in [0.15, 0.2) is 0 Å². The molecule has 11 heteroatoms. The Labute approximate surface area is 115 Å². The van der Waals surface area contributed by atoms with E-state index in [1.807, 2.05) is 0 Å². The fraction of sp³-hybridized carbons (Fsp3) is 0.111. The quantitative estimate of drug-likeness (QED) is 0.232. The number of carbonyl (C=O) groups is 2. The van der Waals surface area contributed by atoms with E-state index < -0.39 is 42.8 Å². The zero-order valence-electron chi connectivity index (χ0n) is 10.1. The van der Waals surface area contributed by atoms with E-state index in [2.05, 4.69) is 22.1 Å². The van der Waals surface area contributed by atoms with Gasteiger partial charge in [-0.3, -0.25) is 4.55 Å². The molecule has 0 fully saturated rings. The molecule has 0 aliphatic rings. The summed E-state index contributed by atoms with van der Waals surface area (Å²) in [4.78, 5) is 22.4. The lowest BCUT2D eigenvalue weighted by Gasteiger charge is -2.04. The maximum Gasteiger partial charge on any atom is 0.347 e. The molecule has 0 amide bonds. The third kappa shape index (κ3) is 6.26. The largest absolute Gasteiger partial charge is 0.409 e. The molecule has 0 aliphatic carbocycles. The van der Waals surface area contributed by atoms with Gasteiger partial charge in [-0.2, -0.15) is 16.8 Å². The fourth-order valence-corrected chi connectivity index (χ4v) is 1.17. The summed E-state index contributed by atoms with van der Waals surface area (Å²) in [6.07, 6.45) is 0.445. The van der Waals surface area contributed by atoms with Crippen molar-refractivity contribution < 1.29 is 39.9 Å². The summed E-state index contributed by atoms with van der Waals surface area (Å²) >= 11 is 0. The van der Waals surface area contributed by atoms with Crippen molar-refractivity contribution in [3.8, 4) is 0 Å². The van der Waals surface area contributed by atoms with Crippen molar-refractivity contribution in [2.75, 3.05) is 0 Å². The molecular weight excluding hydrogens is 316 g/mol. The summed E-state index contributed by atoms with van der Waals surface area (Å²) in [6, 6.07) is 0. The first-order valence-electron chi connectivity index (χ1n) is 4.57. The lowest BCUT2D eigenvalue weighted by atomic mass is 10.3. The summed E-state index contributed by atoms with van der Waals surface area (Å²) in [6.45, 7) is 6.66. The molecule has 0 bridgehead atoms. The van der Waals surface area contributed by atoms with Gasteiger partial charge >= 0.3 is 32.2 Å². The number of carbonyl (C=O) groups excluding carboxylic acids is 2. The number of hydrogen-bond donors (Lipinski definition) is 1. The summed E-state index contributed by atoms with van der Waals surface area (Å²) in [5.41, 5.74) is -0.487. The summed E-state index contributed by atoms with van der Waals surface area (Å²) in [5, 5.41) is -0.880. The molecule has 1 N–H and O–H groups in total. The molecule has 0 rings (SSSR count). The van der Waals surface area contributed by atoms with Crippen molar-refractivity contribution in [2.24, 2.45) is 0 Å². The van der Waals surface area contributed by atoms with E-state index in [0.717, 1.165) is 6.92 Å². The molecule has 0 aromatic heterocycles. The second kappa shape index (κ2) is 6.45. The number of hydrogen-bond acceptors (Lipinski definition) is 8. The smallest absolute Gasteiger partial charge is 0.347 e. The van der Waals surface area contributed by atoms with Crippen LogP contribution in [0, 0.1) is 0 Å². The summed E-state index contributed by atoms with van der Waals surface area (Å²) in [7, 11) is -9.05. The second-order valence-corrected chi connectivity index (χ2v) is 6.02. The standard InChI is InChI=1S/C9H10O9S2/c1-4-19(12,13)18-8(10)5-6(2)9(11)17-7(3)20(14,15)16/h4-5H,1,3H2,2H3,(H,14,15,16)/b6-5-. The lowest BCUT2D eigenvalue weighted by Crippen LogP contribution is -2.14. The predicted octanol–water partition coefficient (Wildman–Crippen LogP) is -0.149. The van der Waals surface area contributed by atoms with Gasteiger partial charge in [-0.25, -0.2) is 9.59 Å². The van der Waals surface area contributed by atoms with Crippen LogP contribution in [0.5, 0.6) is 0 Å². The van der Waals surface area contributed by atoms with E-state index in [9.17, 15) is 26.4 Å². The Kier molecular flexibility index (Phi) is 5.81. The van der Waals surface area contributed by atoms with Gasteiger partial charge in [-0.1, -0.05) is 6.58 Å². The molecule has 20 heavy (non-hydrogen) atoms. The monoisotopic (exact) mass is 326 g/mol. The van der Waals surface area contributed by atoms with Gasteiger partial charge < -0.3 is 8.92 Å². The van der Waals surface area contributed by atoms with Gasteiger partial charge in [0, 0.05) is 11.6 Å². The maximum atomic E-state index is 11.3. The Balaban J connectivity index is 4.91. The van der Waals surface area contributed by atoms with Crippen molar-refractivity contribution in [2.45, 2.75) is 6.92 Å². The van der Waals surface area contributed by atoms with Crippen LogP contribution in [-0.4, -0.2) is 33.3 Å². The molecule has 0 aliphatic heterocycles. The molecule has 0 saturated heterocycles. The molecule has 112 valence electrons. The Bertz CT molecular complexity index is 679. The molecule has 0 saturated carbocycles. The Morgan fingerprint density at radius 3 is 2.10 bits per heavy atom. The number of esters is 1. The van der Waals surface area contributed by atoms with Gasteiger partial charge in [-0.05, 0) is 13.5 Å². The van der Waals surface area contributed by atoms with Crippen LogP contribution in [0.4, 0.5) is 0 Å². The van der Waals surface area contributed by atoms with E-state index in [-0.39, 0.29) is 0 Å². The SMILES string of the molecule is C=CS(=O)(=O)OC(=O)/C=C(/C)C(=O)OC(=C)S(=O)(=O)O. The molecular formula is C9H10O9S2. The molecule has 0 aromatic carbocycles. The van der Waals surface area contributed by atoms with Crippen LogP contribution in [0.3, 0.4) is 0 Å². The first kappa shape index (κ1) is 18.0. The topological polar surface area (TPSA) is 141 Å². The van der Waals surface area contributed by atoms with Crippen LogP contribution in [0.25, 0.3) is 0 Å². The van der Waals surface area contributed by atoms with E-state index in [1.165, 1.54) is 0 Å². The van der Waals surface area contributed by atoms with E-state index in [4.69, 9.17) is 4.55 Å². The molecule has 0 spiro atoms. The van der Waals surface area contributed by atoms with Gasteiger partial charge in [0.2, 0.25) is 5.09 Å². The highest BCUT2D eigenvalue weighted by molar-refractivity contribution is 7.90. The third-order valence-corrected chi connectivity index (χ3v) is 3.02. The number of rotatable bonds is 6. The van der Waals surface area contributed by atoms with Crippen LogP contribution in [0.15, 0.2) is 35.3 Å². The van der Waals surface area contributed by atoms with Crippen LogP contribution in [0.1, 0.15) is 6.92 Å². The zero-order chi connectivity index (χ0) is 16.1. The average molecular weight is 326 g/mol. The van der Waals surface area contributed by atoms with Crippen molar-refractivity contribution in [1.29, 1.82) is 0 Å². The van der Waals surface area contributed by atoms with Gasteiger partial charge in [0.1, 0.15) is 0 Å². The van der Waals surface area contributed by atoms with Crippen LogP contribution in [0.2, 0.25) is 0 Å². The average Bonchev–Trinajstić information content (AvgIpc) is 2.26. The Morgan fingerprint density at radius 2 is 1.70 bits per heavy atom. The molecule has 0 unspecified atom stereocenters. The van der Waals surface area contributed by atoms with E-state index in [0.29, 0.717) is 11.5 Å². The first-order chi connectivity index (χ1) is 8.89. The van der Waals surface area contributed by atoms with Crippen molar-refractivity contribution in [3.05, 3.63) is 35.3 Å². The normalized spacial score (nSPS) is 12.4. The second-order valence-electron chi connectivity index (χ2n) is 3.13. The number of ether oxygens (including phenoxy) is 1. The van der Waals surface area contributed by atoms with Crippen molar-refractivity contribution >= 4 is 32.2 Å². The van der Waals surface area contributed by atoms with Crippen LogP contribution < -0.4 is 0 Å². The zero-order valence-corrected chi connectivity index (χ0v) is 11.7. The van der Waals surface area contributed by atoms with E-state index in [1.54, 1.807) is 0 Å². The third-order valence-electron chi connectivity index (χ3n) is 1.55. The summed E-state index contributed by atoms with van der Waals surface area (Å²) < 4.78 is 59.2. The van der Waals surface area contributed by atoms with Crippen LogP contribution >= 0.6 is 0 Å². The fourth-order valence-electron chi connectivity index (χ4n) is 0.645. The van der Waals surface area contributed by atoms with E-state index >= 15 is 0 Å². The van der Waals surface area contributed by atoms with Gasteiger partial charge in [-0.15, -0.1) is 0 Å². The van der Waals surface area contributed by atoms with Crippen LogP contribution in [-0.2, 0) is 38.7 Å². The molecule has 9 nitrogen and oxygen atoms in total. The van der Waals surface area contributed by atoms with Gasteiger partial charge in [0.25, 0.3) is 0 Å². The lowest BCUT2D eigenvalue weighted by molar-refractivity contribution is -0.135. The van der Waals surface area contributed by atoms with Crippen molar-refractivity contribution in [3.63, 3.8) is 0 Å². The highest BCUT2D eigenvalue weighted by Crippen LogP contribution is 2.08. The molecule has 0 atom stereocenters. The van der Waals surface area contributed by atoms with Gasteiger partial charge in [0.05, 0.1) is 5.41 Å². The van der Waals surface area contributed by atoms with Crippen molar-refractivity contribution in [1.82, 2.24) is 0 Å². The maximum absolute atomic E-state index is 11.3. The molecule has 0 aromatic rings. The highest BCUT2D eigenvalue weighted by atomic mass is 32.2. The Morgan fingerprint density at radius 1 is 1.20 bits per heavy atom. The minimum absolute atomic E-state index is 0.368. The molecule has 0 heterocycles. The molecule has 0 radical (unpaired) electrons. The Hall–Kier alpha value is -1.98. The summed E-state index contributed by atoms with van der Waals surface area (Å²) in [5.74, 6) is -2.77. The highest BCUT2D eigenvalue weighted by Gasteiger charge is 2.19. The minimum atomic E-state index is -4.78. The first-order valence-corrected chi connectivity index (χ1v) is 7.48. The predicted molar refractivity (Wildman–Crippen MR) is 65.7 cm³/mol.